The van der Waals surface area contributed by atoms with E-state index in [-0.39, 0.29) is 18.9 Å². The third-order valence-electron chi connectivity index (χ3n) is 2.28. The molecule has 0 radical (unpaired) electrons. The summed E-state index contributed by atoms with van der Waals surface area (Å²) in [6, 6.07) is 1.74. The fraction of sp³-hybridized carbons (Fsp3) is 0.364. The van der Waals surface area contributed by atoms with Gasteiger partial charge in [-0.2, -0.15) is 4.39 Å². The van der Waals surface area contributed by atoms with Crippen LogP contribution in [-0.2, 0) is 14.8 Å². The van der Waals surface area contributed by atoms with Gasteiger partial charge in [-0.25, -0.2) is 17.9 Å². The molecule has 0 aliphatic heterocycles. The van der Waals surface area contributed by atoms with Crippen molar-refractivity contribution >= 4 is 15.9 Å². The average molecular weight is 308 g/mol. The molecular weight excluding hydrogens is 294 g/mol. The molecular formula is C11H14F2N2O4S. The minimum Gasteiger partial charge on any atom is -0.490 e. The Kier molecular flexibility index (Phi) is 5.40. The maximum Gasteiger partial charge on any atom is 0.241 e. The number of carbonyl (C=O) groups excluding carboxylic acids is 1. The molecule has 6 nitrogen and oxygen atoms in total. The Balaban J connectivity index is 2.79. The van der Waals surface area contributed by atoms with E-state index in [4.69, 9.17) is 9.88 Å². The fourth-order valence-corrected chi connectivity index (χ4v) is 1.98. The first-order valence-electron chi connectivity index (χ1n) is 5.67. The van der Waals surface area contributed by atoms with E-state index in [9.17, 15) is 22.0 Å². The molecule has 0 spiro atoms. The lowest BCUT2D eigenvalue weighted by molar-refractivity contribution is -0.121. The summed E-state index contributed by atoms with van der Waals surface area (Å²) in [5.41, 5.74) is 0. The van der Waals surface area contributed by atoms with Crippen molar-refractivity contribution < 1.29 is 26.7 Å². The smallest absolute Gasteiger partial charge is 0.241 e. The van der Waals surface area contributed by atoms with E-state index in [0.717, 1.165) is 12.1 Å². The summed E-state index contributed by atoms with van der Waals surface area (Å²) in [6.45, 7) is 2.02. The van der Waals surface area contributed by atoms with E-state index in [0.29, 0.717) is 6.54 Å². The molecule has 3 N–H and O–H groups in total. The van der Waals surface area contributed by atoms with Crippen LogP contribution >= 0.6 is 0 Å². The van der Waals surface area contributed by atoms with Gasteiger partial charge >= 0.3 is 0 Å². The lowest BCUT2D eigenvalue weighted by Crippen LogP contribution is -2.24. The predicted octanol–water partition coefficient (Wildman–Crippen LogP) is 0.517. The highest BCUT2D eigenvalue weighted by atomic mass is 32.2. The van der Waals surface area contributed by atoms with Gasteiger partial charge in [-0.1, -0.05) is 0 Å². The van der Waals surface area contributed by atoms with Crippen molar-refractivity contribution in [3.8, 4) is 5.75 Å². The SMILES string of the molecule is CCNC(=O)CCOc1ccc(S(N)(=O)=O)c(F)c1F. The van der Waals surface area contributed by atoms with Crippen molar-refractivity contribution in [2.45, 2.75) is 18.2 Å². The molecule has 1 rings (SSSR count). The van der Waals surface area contributed by atoms with Crippen LogP contribution in [0.15, 0.2) is 17.0 Å². The number of hydrogen-bond acceptors (Lipinski definition) is 4. The quantitative estimate of drug-likeness (QED) is 0.800. The van der Waals surface area contributed by atoms with E-state index in [1.807, 2.05) is 0 Å². The minimum atomic E-state index is -4.35. The van der Waals surface area contributed by atoms with Crippen LogP contribution in [0.1, 0.15) is 13.3 Å². The number of nitrogens with one attached hydrogen (secondary N) is 1. The Bertz CT molecular complexity index is 605. The maximum atomic E-state index is 13.5. The molecule has 20 heavy (non-hydrogen) atoms. The predicted molar refractivity (Wildman–Crippen MR) is 66.5 cm³/mol. The van der Waals surface area contributed by atoms with Gasteiger partial charge in [0.2, 0.25) is 21.7 Å². The van der Waals surface area contributed by atoms with Crippen LogP contribution in [0.2, 0.25) is 0 Å². The number of carbonyl (C=O) groups is 1. The van der Waals surface area contributed by atoms with E-state index in [1.54, 1.807) is 6.92 Å². The summed E-state index contributed by atoms with van der Waals surface area (Å²) in [6.07, 6.45) is -0.0359. The van der Waals surface area contributed by atoms with Crippen molar-refractivity contribution in [3.05, 3.63) is 23.8 Å². The summed E-state index contributed by atoms with van der Waals surface area (Å²) in [5, 5.41) is 7.23. The molecule has 0 heterocycles. The molecule has 1 aromatic carbocycles. The van der Waals surface area contributed by atoms with Gasteiger partial charge in [0, 0.05) is 6.54 Å². The maximum absolute atomic E-state index is 13.5. The second-order valence-electron chi connectivity index (χ2n) is 3.79. The fourth-order valence-electron chi connectivity index (χ4n) is 1.38. The highest BCUT2D eigenvalue weighted by Crippen LogP contribution is 2.24. The number of benzene rings is 1. The van der Waals surface area contributed by atoms with Crippen LogP contribution in [0, 0.1) is 11.6 Å². The first-order valence-corrected chi connectivity index (χ1v) is 7.22. The zero-order valence-electron chi connectivity index (χ0n) is 10.7. The Morgan fingerprint density at radius 2 is 2.00 bits per heavy atom. The van der Waals surface area contributed by atoms with Gasteiger partial charge < -0.3 is 10.1 Å². The first-order chi connectivity index (χ1) is 9.27. The van der Waals surface area contributed by atoms with Gasteiger partial charge in [0.1, 0.15) is 4.90 Å². The molecule has 0 aliphatic carbocycles. The van der Waals surface area contributed by atoms with E-state index in [2.05, 4.69) is 5.32 Å². The lowest BCUT2D eigenvalue weighted by Gasteiger charge is -2.09. The number of amides is 1. The Hall–Kier alpha value is -1.74. The lowest BCUT2D eigenvalue weighted by atomic mass is 10.3. The molecule has 0 aliphatic rings. The number of ether oxygens (including phenoxy) is 1. The van der Waals surface area contributed by atoms with Gasteiger partial charge in [-0.15, -0.1) is 0 Å². The summed E-state index contributed by atoms with van der Waals surface area (Å²) >= 11 is 0. The second-order valence-corrected chi connectivity index (χ2v) is 5.32. The van der Waals surface area contributed by atoms with Crippen LogP contribution in [0.25, 0.3) is 0 Å². The van der Waals surface area contributed by atoms with Crippen molar-refractivity contribution in [1.29, 1.82) is 0 Å². The van der Waals surface area contributed by atoms with Gasteiger partial charge in [-0.05, 0) is 19.1 Å². The Morgan fingerprint density at radius 3 is 2.55 bits per heavy atom. The largest absolute Gasteiger partial charge is 0.490 e. The molecule has 9 heteroatoms. The van der Waals surface area contributed by atoms with Crippen molar-refractivity contribution in [2.75, 3.05) is 13.2 Å². The number of rotatable bonds is 6. The Morgan fingerprint density at radius 1 is 1.35 bits per heavy atom. The number of nitrogens with two attached hydrogens (primary N) is 1. The minimum absolute atomic E-state index is 0.0359. The summed E-state index contributed by atoms with van der Waals surface area (Å²) < 4.78 is 53.8. The van der Waals surface area contributed by atoms with Gasteiger partial charge in [0.25, 0.3) is 0 Å². The third-order valence-corrected chi connectivity index (χ3v) is 3.21. The normalized spacial score (nSPS) is 11.2. The summed E-state index contributed by atoms with van der Waals surface area (Å²) in [5.74, 6) is -3.86. The van der Waals surface area contributed by atoms with Crippen LogP contribution in [0.5, 0.6) is 5.75 Å². The zero-order chi connectivity index (χ0) is 15.3. The molecule has 0 fully saturated rings. The molecule has 1 amide bonds. The first kappa shape index (κ1) is 16.3. The second kappa shape index (κ2) is 6.62. The van der Waals surface area contributed by atoms with Gasteiger partial charge in [-0.3, -0.25) is 4.79 Å². The standard InChI is InChI=1S/C11H14F2N2O4S/c1-2-15-9(16)5-6-19-7-3-4-8(20(14,17)18)11(13)10(7)12/h3-4H,2,5-6H2,1H3,(H,15,16)(H2,14,17,18). The molecule has 0 unspecified atom stereocenters. The zero-order valence-corrected chi connectivity index (χ0v) is 11.5. The van der Waals surface area contributed by atoms with Crippen LogP contribution in [0.4, 0.5) is 8.78 Å². The summed E-state index contributed by atoms with van der Waals surface area (Å²) in [7, 11) is -4.35. The number of sulfonamides is 1. The number of primary sulfonamides is 1. The van der Waals surface area contributed by atoms with Crippen LogP contribution in [0.3, 0.4) is 0 Å². The van der Waals surface area contributed by atoms with E-state index < -0.39 is 32.3 Å². The van der Waals surface area contributed by atoms with Crippen molar-refractivity contribution in [2.24, 2.45) is 5.14 Å². The van der Waals surface area contributed by atoms with Gasteiger partial charge in [0.15, 0.2) is 11.6 Å². The molecule has 0 aromatic heterocycles. The van der Waals surface area contributed by atoms with Crippen LogP contribution < -0.4 is 15.2 Å². The Labute approximate surface area is 115 Å². The van der Waals surface area contributed by atoms with Crippen molar-refractivity contribution in [3.63, 3.8) is 0 Å². The molecule has 1 aromatic rings. The third kappa shape index (κ3) is 4.14. The topological polar surface area (TPSA) is 98.5 Å². The van der Waals surface area contributed by atoms with E-state index >= 15 is 0 Å². The molecule has 0 bridgehead atoms. The molecule has 0 saturated carbocycles. The molecule has 0 saturated heterocycles. The van der Waals surface area contributed by atoms with Gasteiger partial charge in [0.05, 0.1) is 13.0 Å². The van der Waals surface area contributed by atoms with Crippen LogP contribution in [-0.4, -0.2) is 27.5 Å². The summed E-state index contributed by atoms with van der Waals surface area (Å²) in [4.78, 5) is 10.2. The highest BCUT2D eigenvalue weighted by molar-refractivity contribution is 7.89. The van der Waals surface area contributed by atoms with Crippen molar-refractivity contribution in [1.82, 2.24) is 5.32 Å². The van der Waals surface area contributed by atoms with E-state index in [1.165, 1.54) is 0 Å². The molecule has 0 atom stereocenters. The monoisotopic (exact) mass is 308 g/mol. The number of halogens is 2. The average Bonchev–Trinajstić information content (AvgIpc) is 2.33. The molecule has 112 valence electrons. The number of hydrogen-bond donors (Lipinski definition) is 2. The highest BCUT2D eigenvalue weighted by Gasteiger charge is 2.21.